The summed E-state index contributed by atoms with van der Waals surface area (Å²) in [7, 11) is 3.93. The number of aromatic nitrogens is 2. The minimum absolute atomic E-state index is 0.0819. The Bertz CT molecular complexity index is 503. The third kappa shape index (κ3) is 2.92. The molecule has 0 unspecified atom stereocenters. The number of rotatable bonds is 4. The van der Waals surface area contributed by atoms with Crippen molar-refractivity contribution in [1.29, 1.82) is 0 Å². The minimum atomic E-state index is -0.424. The first kappa shape index (κ1) is 14.8. The first-order valence-electron chi connectivity index (χ1n) is 6.92. The van der Waals surface area contributed by atoms with Crippen molar-refractivity contribution in [3.8, 4) is 0 Å². The van der Waals surface area contributed by atoms with Gasteiger partial charge >= 0.3 is 5.82 Å². The Balaban J connectivity index is 2.09. The molecule has 0 radical (unpaired) electrons. The van der Waals surface area contributed by atoms with Crippen molar-refractivity contribution in [2.75, 3.05) is 32.0 Å². The monoisotopic (exact) mass is 281 g/mol. The van der Waals surface area contributed by atoms with E-state index >= 15 is 0 Å². The minimum Gasteiger partial charge on any atom is -0.364 e. The molecular formula is C13H23N5O2. The van der Waals surface area contributed by atoms with Crippen molar-refractivity contribution in [3.05, 3.63) is 15.9 Å². The van der Waals surface area contributed by atoms with Gasteiger partial charge in [0.1, 0.15) is 0 Å². The Labute approximate surface area is 119 Å². The number of nitrogens with zero attached hydrogens (tertiary/aromatic N) is 4. The zero-order valence-corrected chi connectivity index (χ0v) is 12.6. The van der Waals surface area contributed by atoms with Crippen LogP contribution in [0.15, 0.2) is 0 Å². The van der Waals surface area contributed by atoms with Crippen LogP contribution in [0.25, 0.3) is 0 Å². The topological polar surface area (TPSA) is 76.2 Å². The average molecular weight is 281 g/mol. The maximum absolute atomic E-state index is 11.0. The molecule has 2 rings (SSSR count). The number of aryl methyl sites for hydroxylation is 1. The lowest BCUT2D eigenvalue weighted by molar-refractivity contribution is -0.388. The molecule has 1 saturated heterocycles. The van der Waals surface area contributed by atoms with Gasteiger partial charge in [0.15, 0.2) is 0 Å². The first-order valence-corrected chi connectivity index (χ1v) is 6.92. The molecule has 0 saturated carbocycles. The lowest BCUT2D eigenvalue weighted by atomic mass is 9.80. The largest absolute Gasteiger partial charge is 0.406 e. The van der Waals surface area contributed by atoms with Gasteiger partial charge in [-0.05, 0) is 48.3 Å². The van der Waals surface area contributed by atoms with Crippen LogP contribution >= 0.6 is 0 Å². The van der Waals surface area contributed by atoms with Crippen LogP contribution in [0.1, 0.15) is 25.6 Å². The highest BCUT2D eigenvalue weighted by atomic mass is 16.6. The van der Waals surface area contributed by atoms with Gasteiger partial charge in [-0.2, -0.15) is 0 Å². The summed E-state index contributed by atoms with van der Waals surface area (Å²) in [4.78, 5) is 16.9. The third-order valence-electron chi connectivity index (χ3n) is 4.35. The number of nitrogens with one attached hydrogen (secondary N) is 1. The van der Waals surface area contributed by atoms with Crippen molar-refractivity contribution in [2.45, 2.75) is 26.7 Å². The Kier molecular flexibility index (Phi) is 3.99. The maximum atomic E-state index is 11.0. The molecule has 1 fully saturated rings. The molecule has 0 atom stereocenters. The summed E-state index contributed by atoms with van der Waals surface area (Å²) >= 11 is 0. The smallest absolute Gasteiger partial charge is 0.364 e. The van der Waals surface area contributed by atoms with Crippen molar-refractivity contribution < 1.29 is 4.92 Å². The van der Waals surface area contributed by atoms with Crippen LogP contribution in [0.4, 0.5) is 11.6 Å². The van der Waals surface area contributed by atoms with E-state index in [0.29, 0.717) is 11.6 Å². The molecule has 0 aliphatic carbocycles. The molecule has 0 bridgehead atoms. The van der Waals surface area contributed by atoms with Crippen LogP contribution in [0, 0.1) is 22.5 Å². The Morgan fingerprint density at radius 2 is 2.00 bits per heavy atom. The first-order chi connectivity index (χ1) is 9.32. The summed E-state index contributed by atoms with van der Waals surface area (Å²) in [6.45, 7) is 6.90. The fourth-order valence-corrected chi connectivity index (χ4v) is 2.55. The molecule has 0 spiro atoms. The van der Waals surface area contributed by atoms with Crippen LogP contribution in [0.3, 0.4) is 0 Å². The molecule has 2 heterocycles. The number of hydrogen-bond acceptors (Lipinski definition) is 5. The van der Waals surface area contributed by atoms with Crippen molar-refractivity contribution >= 4 is 11.6 Å². The highest BCUT2D eigenvalue weighted by Crippen LogP contribution is 2.32. The molecule has 7 nitrogen and oxygen atoms in total. The molecule has 0 amide bonds. The number of anilines is 1. The van der Waals surface area contributed by atoms with Crippen molar-refractivity contribution in [1.82, 2.24) is 14.5 Å². The fourth-order valence-electron chi connectivity index (χ4n) is 2.55. The predicted octanol–water partition coefficient (Wildman–Crippen LogP) is 1.78. The molecule has 1 N–H and O–H groups in total. The molecule has 20 heavy (non-hydrogen) atoms. The molecule has 112 valence electrons. The summed E-state index contributed by atoms with van der Waals surface area (Å²) in [5, 5.41) is 14.3. The summed E-state index contributed by atoms with van der Waals surface area (Å²) in [5.41, 5.74) is 0.179. The predicted molar refractivity (Wildman–Crippen MR) is 77.9 cm³/mol. The van der Waals surface area contributed by atoms with Crippen LogP contribution in [0.5, 0.6) is 0 Å². The van der Waals surface area contributed by atoms with Crippen molar-refractivity contribution in [2.24, 2.45) is 12.5 Å². The normalized spacial score (nSPS) is 19.0. The van der Waals surface area contributed by atoms with Gasteiger partial charge in [0.2, 0.25) is 11.6 Å². The number of likely N-dealkylation sites (tertiary alicyclic amines) is 1. The summed E-state index contributed by atoms with van der Waals surface area (Å²) in [6, 6.07) is 0. The lowest BCUT2D eigenvalue weighted by Gasteiger charge is -2.38. The number of imidazole rings is 1. The highest BCUT2D eigenvalue weighted by Gasteiger charge is 2.31. The second-order valence-corrected chi connectivity index (χ2v) is 6.11. The summed E-state index contributed by atoms with van der Waals surface area (Å²) in [6.07, 6.45) is 2.20. The molecular weight excluding hydrogens is 258 g/mol. The van der Waals surface area contributed by atoms with E-state index in [-0.39, 0.29) is 11.2 Å². The number of piperidine rings is 1. The molecule has 1 aromatic heterocycles. The SMILES string of the molecule is Cc1nc([N+](=O)[O-])c(NCC2(C)CCN(C)CC2)n1C. The van der Waals surface area contributed by atoms with E-state index in [0.717, 1.165) is 32.5 Å². The molecule has 1 aliphatic rings. The van der Waals surface area contributed by atoms with Crippen LogP contribution in [-0.4, -0.2) is 46.1 Å². The standard InChI is InChI=1S/C13H23N5O2/c1-10-15-12(18(19)20)11(17(10)4)14-9-13(2)5-7-16(3)8-6-13/h14H,5-9H2,1-4H3. The van der Waals surface area contributed by atoms with Gasteiger partial charge in [-0.15, -0.1) is 0 Å². The van der Waals surface area contributed by atoms with Gasteiger partial charge in [0.05, 0.1) is 0 Å². The zero-order valence-electron chi connectivity index (χ0n) is 12.6. The summed E-state index contributed by atoms with van der Waals surface area (Å²) in [5.74, 6) is 1.07. The quantitative estimate of drug-likeness (QED) is 0.672. The zero-order chi connectivity index (χ0) is 14.9. The van der Waals surface area contributed by atoms with Crippen molar-refractivity contribution in [3.63, 3.8) is 0 Å². The van der Waals surface area contributed by atoms with E-state index in [9.17, 15) is 10.1 Å². The van der Waals surface area contributed by atoms with E-state index < -0.39 is 4.92 Å². The number of nitro groups is 1. The van der Waals surface area contributed by atoms with Gasteiger partial charge in [-0.1, -0.05) is 6.92 Å². The Morgan fingerprint density at radius 1 is 1.40 bits per heavy atom. The highest BCUT2D eigenvalue weighted by molar-refractivity contribution is 5.53. The molecule has 1 aromatic rings. The number of hydrogen-bond donors (Lipinski definition) is 1. The maximum Gasteiger partial charge on any atom is 0.406 e. The fraction of sp³-hybridized carbons (Fsp3) is 0.769. The van der Waals surface area contributed by atoms with E-state index in [1.165, 1.54) is 0 Å². The molecule has 0 aromatic carbocycles. The van der Waals surface area contributed by atoms with E-state index in [2.05, 4.69) is 29.2 Å². The second-order valence-electron chi connectivity index (χ2n) is 6.11. The Hall–Kier alpha value is -1.63. The molecule has 7 heteroatoms. The van der Waals surface area contributed by atoms with Gasteiger partial charge < -0.3 is 20.3 Å². The van der Waals surface area contributed by atoms with Gasteiger partial charge in [0.25, 0.3) is 0 Å². The lowest BCUT2D eigenvalue weighted by Crippen LogP contribution is -2.40. The van der Waals surface area contributed by atoms with Crippen LogP contribution < -0.4 is 5.32 Å². The summed E-state index contributed by atoms with van der Waals surface area (Å²) < 4.78 is 1.75. The second kappa shape index (κ2) is 5.40. The molecule has 1 aliphatic heterocycles. The van der Waals surface area contributed by atoms with Crippen LogP contribution in [-0.2, 0) is 7.05 Å². The van der Waals surface area contributed by atoms with Gasteiger partial charge in [-0.3, -0.25) is 4.57 Å². The van der Waals surface area contributed by atoms with E-state index in [1.54, 1.807) is 18.5 Å². The van der Waals surface area contributed by atoms with Crippen LogP contribution in [0.2, 0.25) is 0 Å². The van der Waals surface area contributed by atoms with E-state index in [1.807, 2.05) is 0 Å². The van der Waals surface area contributed by atoms with Gasteiger partial charge in [0, 0.05) is 20.5 Å². The van der Waals surface area contributed by atoms with E-state index in [4.69, 9.17) is 0 Å². The average Bonchev–Trinajstić information content (AvgIpc) is 2.68. The third-order valence-corrected chi connectivity index (χ3v) is 4.35. The Morgan fingerprint density at radius 3 is 2.55 bits per heavy atom. The van der Waals surface area contributed by atoms with Gasteiger partial charge in [-0.25, -0.2) is 0 Å².